The first-order valence-corrected chi connectivity index (χ1v) is 9.61. The molecule has 0 aliphatic heterocycles. The Morgan fingerprint density at radius 3 is 2.66 bits per heavy atom. The van der Waals surface area contributed by atoms with Gasteiger partial charge >= 0.3 is 0 Å². The van der Waals surface area contributed by atoms with Crippen LogP contribution in [0.2, 0.25) is 0 Å². The van der Waals surface area contributed by atoms with E-state index < -0.39 is 0 Å². The van der Waals surface area contributed by atoms with Crippen LogP contribution < -0.4 is 10.6 Å². The number of fused-ring (bicyclic) bond motifs is 1. The van der Waals surface area contributed by atoms with Crippen molar-refractivity contribution in [1.29, 1.82) is 0 Å². The van der Waals surface area contributed by atoms with Gasteiger partial charge in [0.2, 0.25) is 0 Å². The Kier molecular flexibility index (Phi) is 5.24. The summed E-state index contributed by atoms with van der Waals surface area (Å²) in [5, 5.41) is 15.5. The van der Waals surface area contributed by atoms with Crippen molar-refractivity contribution in [3.63, 3.8) is 0 Å². The fourth-order valence-corrected chi connectivity index (χ4v) is 3.23. The number of nitrogens with one attached hydrogen (secondary N) is 3. The van der Waals surface area contributed by atoms with Crippen LogP contribution in [0.3, 0.4) is 0 Å². The van der Waals surface area contributed by atoms with E-state index in [0.29, 0.717) is 5.82 Å². The van der Waals surface area contributed by atoms with Gasteiger partial charge in [-0.05, 0) is 67.3 Å². The van der Waals surface area contributed by atoms with Gasteiger partial charge in [0.15, 0.2) is 5.69 Å². The predicted molar refractivity (Wildman–Crippen MR) is 116 cm³/mol. The van der Waals surface area contributed by atoms with E-state index in [-0.39, 0.29) is 11.6 Å². The van der Waals surface area contributed by atoms with Crippen LogP contribution >= 0.6 is 0 Å². The predicted octanol–water partition coefficient (Wildman–Crippen LogP) is 4.48. The third-order valence-corrected chi connectivity index (χ3v) is 5.04. The highest BCUT2D eigenvalue weighted by Crippen LogP contribution is 2.18. The molecule has 2 heterocycles. The summed E-state index contributed by atoms with van der Waals surface area (Å²) in [6, 6.07) is 17.5. The Labute approximate surface area is 169 Å². The topological polar surface area (TPSA) is 82.7 Å². The number of hydrogen-bond donors (Lipinski definition) is 3. The van der Waals surface area contributed by atoms with Crippen LogP contribution in [0.1, 0.15) is 27.2 Å². The molecule has 2 aromatic heterocycles. The minimum absolute atomic E-state index is 0.272. The van der Waals surface area contributed by atoms with E-state index in [9.17, 15) is 4.79 Å². The van der Waals surface area contributed by atoms with Gasteiger partial charge in [0.25, 0.3) is 5.91 Å². The van der Waals surface area contributed by atoms with Crippen LogP contribution in [0.5, 0.6) is 0 Å². The molecule has 29 heavy (non-hydrogen) atoms. The zero-order valence-corrected chi connectivity index (χ0v) is 16.5. The number of carbonyl (C=O) groups excluding carboxylic acids is 1. The van der Waals surface area contributed by atoms with Crippen LogP contribution in [-0.2, 0) is 6.42 Å². The average molecular weight is 385 g/mol. The van der Waals surface area contributed by atoms with Gasteiger partial charge in [-0.25, -0.2) is 0 Å². The molecule has 6 heteroatoms. The Morgan fingerprint density at radius 1 is 1.00 bits per heavy atom. The van der Waals surface area contributed by atoms with E-state index in [1.54, 1.807) is 12.1 Å². The van der Waals surface area contributed by atoms with E-state index in [1.807, 2.05) is 50.4 Å². The van der Waals surface area contributed by atoms with Crippen molar-refractivity contribution < 1.29 is 4.79 Å². The summed E-state index contributed by atoms with van der Waals surface area (Å²) in [5.74, 6) is 0.374. The lowest BCUT2D eigenvalue weighted by molar-refractivity contribution is 0.102. The number of hydrogen-bond acceptors (Lipinski definition) is 4. The summed E-state index contributed by atoms with van der Waals surface area (Å²) in [6.45, 7) is 4.78. The molecule has 0 aliphatic rings. The third kappa shape index (κ3) is 4.27. The summed E-state index contributed by atoms with van der Waals surface area (Å²) in [4.78, 5) is 15.7. The van der Waals surface area contributed by atoms with E-state index in [4.69, 9.17) is 0 Å². The molecular weight excluding hydrogens is 362 g/mol. The number of aromatic amines is 1. The Hall–Kier alpha value is -3.67. The van der Waals surface area contributed by atoms with Crippen molar-refractivity contribution in [2.45, 2.75) is 20.3 Å². The number of H-pyrrole nitrogens is 1. The van der Waals surface area contributed by atoms with E-state index in [2.05, 4.69) is 37.9 Å². The Bertz CT molecular complexity index is 1150. The SMILES string of the molecule is Cc1ccc(NC(=O)c2ccc(NCCc3c[nH]c4ccccc34)nn2)cc1C. The molecule has 0 saturated carbocycles. The summed E-state index contributed by atoms with van der Waals surface area (Å²) < 4.78 is 0. The minimum atomic E-state index is -0.272. The van der Waals surface area contributed by atoms with Crippen molar-refractivity contribution >= 4 is 28.3 Å². The highest BCUT2D eigenvalue weighted by Gasteiger charge is 2.09. The number of rotatable bonds is 6. The number of aromatic nitrogens is 3. The lowest BCUT2D eigenvalue weighted by atomic mass is 10.1. The first-order chi connectivity index (χ1) is 14.1. The van der Waals surface area contributed by atoms with Gasteiger partial charge in [-0.2, -0.15) is 0 Å². The highest BCUT2D eigenvalue weighted by molar-refractivity contribution is 6.02. The van der Waals surface area contributed by atoms with Crippen LogP contribution in [0.25, 0.3) is 10.9 Å². The molecular formula is C23H23N5O. The number of amides is 1. The number of para-hydroxylation sites is 1. The largest absolute Gasteiger partial charge is 0.368 e. The van der Waals surface area contributed by atoms with E-state index >= 15 is 0 Å². The van der Waals surface area contributed by atoms with Gasteiger partial charge in [-0.1, -0.05) is 24.3 Å². The Morgan fingerprint density at radius 2 is 1.86 bits per heavy atom. The van der Waals surface area contributed by atoms with Crippen molar-refractivity contribution in [1.82, 2.24) is 15.2 Å². The van der Waals surface area contributed by atoms with Gasteiger partial charge in [-0.3, -0.25) is 4.79 Å². The van der Waals surface area contributed by atoms with Gasteiger partial charge in [0.05, 0.1) is 0 Å². The average Bonchev–Trinajstić information content (AvgIpc) is 3.14. The quantitative estimate of drug-likeness (QED) is 0.457. The maximum Gasteiger partial charge on any atom is 0.276 e. The number of anilines is 2. The summed E-state index contributed by atoms with van der Waals surface area (Å²) in [7, 11) is 0. The lowest BCUT2D eigenvalue weighted by Crippen LogP contribution is -2.15. The van der Waals surface area contributed by atoms with Crippen LogP contribution in [-0.4, -0.2) is 27.6 Å². The van der Waals surface area contributed by atoms with Crippen molar-refractivity contribution in [2.75, 3.05) is 17.2 Å². The smallest absolute Gasteiger partial charge is 0.276 e. The zero-order valence-electron chi connectivity index (χ0n) is 16.5. The normalized spacial score (nSPS) is 10.8. The second-order valence-electron chi connectivity index (χ2n) is 7.09. The molecule has 146 valence electrons. The number of nitrogens with zero attached hydrogens (tertiary/aromatic N) is 2. The highest BCUT2D eigenvalue weighted by atomic mass is 16.1. The van der Waals surface area contributed by atoms with Crippen LogP contribution in [0, 0.1) is 13.8 Å². The van der Waals surface area contributed by atoms with Gasteiger partial charge in [0.1, 0.15) is 5.82 Å². The maximum absolute atomic E-state index is 12.4. The molecule has 0 bridgehead atoms. The second-order valence-corrected chi connectivity index (χ2v) is 7.09. The molecule has 6 nitrogen and oxygen atoms in total. The summed E-state index contributed by atoms with van der Waals surface area (Å²) in [6.07, 6.45) is 2.90. The summed E-state index contributed by atoms with van der Waals surface area (Å²) in [5.41, 5.74) is 5.74. The van der Waals surface area contributed by atoms with Crippen LogP contribution in [0.4, 0.5) is 11.5 Å². The van der Waals surface area contributed by atoms with E-state index in [0.717, 1.165) is 29.7 Å². The molecule has 0 fully saturated rings. The second kappa shape index (κ2) is 8.14. The van der Waals surface area contributed by atoms with Crippen molar-refractivity contribution in [3.8, 4) is 0 Å². The minimum Gasteiger partial charge on any atom is -0.368 e. The molecule has 0 atom stereocenters. The lowest BCUT2D eigenvalue weighted by Gasteiger charge is -2.08. The third-order valence-electron chi connectivity index (χ3n) is 5.04. The molecule has 4 aromatic rings. The number of benzene rings is 2. The molecule has 0 spiro atoms. The maximum atomic E-state index is 12.4. The van der Waals surface area contributed by atoms with Gasteiger partial charge in [-0.15, -0.1) is 10.2 Å². The number of aryl methyl sites for hydroxylation is 2. The fourth-order valence-electron chi connectivity index (χ4n) is 3.23. The Balaban J connectivity index is 1.33. The molecule has 0 unspecified atom stereocenters. The standard InChI is InChI=1S/C23H23N5O/c1-15-7-8-18(13-16(15)2)26-23(29)21-9-10-22(28-27-21)24-12-11-17-14-25-20-6-4-3-5-19(17)20/h3-10,13-14,25H,11-12H2,1-2H3,(H,24,28)(H,26,29). The molecule has 4 rings (SSSR count). The molecule has 0 saturated heterocycles. The van der Waals surface area contributed by atoms with Gasteiger partial charge in [0, 0.05) is 29.3 Å². The molecule has 1 amide bonds. The van der Waals surface area contributed by atoms with E-state index in [1.165, 1.54) is 16.5 Å². The molecule has 3 N–H and O–H groups in total. The summed E-state index contributed by atoms with van der Waals surface area (Å²) >= 11 is 0. The zero-order chi connectivity index (χ0) is 20.2. The van der Waals surface area contributed by atoms with Gasteiger partial charge < -0.3 is 15.6 Å². The molecule has 0 aliphatic carbocycles. The number of carbonyl (C=O) groups is 1. The monoisotopic (exact) mass is 385 g/mol. The molecule has 2 aromatic carbocycles. The first kappa shape index (κ1) is 18.7. The van der Waals surface area contributed by atoms with Crippen molar-refractivity contribution in [3.05, 3.63) is 83.2 Å². The molecule has 0 radical (unpaired) electrons. The first-order valence-electron chi connectivity index (χ1n) is 9.61. The fraction of sp³-hybridized carbons (Fsp3) is 0.174. The van der Waals surface area contributed by atoms with Crippen molar-refractivity contribution in [2.24, 2.45) is 0 Å². The van der Waals surface area contributed by atoms with Crippen LogP contribution in [0.15, 0.2) is 60.8 Å².